The smallest absolute Gasteiger partial charge is 0.0890 e. The predicted octanol–water partition coefficient (Wildman–Crippen LogP) is 1.67. The minimum absolute atomic E-state index is 0.783. The largest absolute Gasteiger partial charge is 0.311 e. The molecule has 2 aromatic rings. The molecule has 0 aliphatic carbocycles. The summed E-state index contributed by atoms with van der Waals surface area (Å²) in [5, 5.41) is 3.39. The Bertz CT molecular complexity index is 496. The van der Waals surface area contributed by atoms with Gasteiger partial charge in [0, 0.05) is 6.54 Å². The van der Waals surface area contributed by atoms with E-state index < -0.39 is 0 Å². The molecule has 1 aromatic carbocycles. The average molecular weight is 244 g/mol. The van der Waals surface area contributed by atoms with Crippen LogP contribution in [0.3, 0.4) is 0 Å². The van der Waals surface area contributed by atoms with E-state index in [1.807, 2.05) is 30.5 Å². The first-order valence-electron chi connectivity index (χ1n) is 6.32. The molecule has 0 amide bonds. The molecule has 18 heavy (non-hydrogen) atoms. The van der Waals surface area contributed by atoms with Gasteiger partial charge in [0.1, 0.15) is 0 Å². The predicted molar refractivity (Wildman–Crippen MR) is 74.4 cm³/mol. The van der Waals surface area contributed by atoms with Gasteiger partial charge in [-0.2, -0.15) is 0 Å². The zero-order valence-electron chi connectivity index (χ0n) is 11.1. The summed E-state index contributed by atoms with van der Waals surface area (Å²) in [6.07, 6.45) is 3.00. The molecule has 1 N–H and O–H groups in total. The van der Waals surface area contributed by atoms with Crippen LogP contribution in [-0.2, 0) is 6.54 Å². The molecule has 4 nitrogen and oxygen atoms in total. The minimum Gasteiger partial charge on any atom is -0.311 e. The van der Waals surface area contributed by atoms with Gasteiger partial charge in [0.05, 0.1) is 22.9 Å². The third-order valence-electron chi connectivity index (χ3n) is 2.76. The molecule has 0 bridgehead atoms. The van der Waals surface area contributed by atoms with Crippen molar-refractivity contribution >= 4 is 11.0 Å². The van der Waals surface area contributed by atoms with E-state index >= 15 is 0 Å². The Morgan fingerprint density at radius 3 is 2.72 bits per heavy atom. The highest BCUT2D eigenvalue weighted by Crippen LogP contribution is 2.08. The summed E-state index contributed by atoms with van der Waals surface area (Å²) in [6.45, 7) is 2.90. The average Bonchev–Trinajstić information content (AvgIpc) is 2.38. The van der Waals surface area contributed by atoms with Crippen LogP contribution in [0.4, 0.5) is 0 Å². The number of hydrogen-bond acceptors (Lipinski definition) is 4. The van der Waals surface area contributed by atoms with E-state index in [1.54, 1.807) is 0 Å². The lowest BCUT2D eigenvalue weighted by molar-refractivity contribution is 0.394. The van der Waals surface area contributed by atoms with Crippen molar-refractivity contribution in [3.63, 3.8) is 0 Å². The van der Waals surface area contributed by atoms with Crippen LogP contribution in [0.2, 0.25) is 0 Å². The highest BCUT2D eigenvalue weighted by molar-refractivity contribution is 5.73. The minimum atomic E-state index is 0.783. The lowest BCUT2D eigenvalue weighted by Crippen LogP contribution is -2.21. The van der Waals surface area contributed by atoms with Crippen LogP contribution in [0.15, 0.2) is 30.5 Å². The first-order valence-corrected chi connectivity index (χ1v) is 6.32. The van der Waals surface area contributed by atoms with Gasteiger partial charge in [0.25, 0.3) is 0 Å². The first-order chi connectivity index (χ1) is 8.75. The van der Waals surface area contributed by atoms with Crippen molar-refractivity contribution in [1.29, 1.82) is 0 Å². The zero-order valence-corrected chi connectivity index (χ0v) is 11.1. The van der Waals surface area contributed by atoms with Crippen molar-refractivity contribution in [1.82, 2.24) is 20.2 Å². The Morgan fingerprint density at radius 1 is 1.17 bits per heavy atom. The summed E-state index contributed by atoms with van der Waals surface area (Å²) in [5.74, 6) is 0. The number of rotatable bonds is 6. The van der Waals surface area contributed by atoms with E-state index in [-0.39, 0.29) is 0 Å². The SMILES string of the molecule is CN(C)CCCNCc1cnc2ccccc2n1. The normalized spacial score (nSPS) is 11.3. The Kier molecular flexibility index (Phi) is 4.61. The number of benzene rings is 1. The van der Waals surface area contributed by atoms with Crippen LogP contribution in [0.5, 0.6) is 0 Å². The maximum atomic E-state index is 4.57. The Balaban J connectivity index is 1.84. The fourth-order valence-corrected chi connectivity index (χ4v) is 1.82. The van der Waals surface area contributed by atoms with Crippen molar-refractivity contribution in [2.24, 2.45) is 0 Å². The fraction of sp³-hybridized carbons (Fsp3) is 0.429. The topological polar surface area (TPSA) is 41.0 Å². The zero-order chi connectivity index (χ0) is 12.8. The van der Waals surface area contributed by atoms with Crippen LogP contribution >= 0.6 is 0 Å². The molecule has 1 aromatic heterocycles. The second-order valence-corrected chi connectivity index (χ2v) is 4.68. The van der Waals surface area contributed by atoms with Crippen molar-refractivity contribution in [3.8, 4) is 0 Å². The monoisotopic (exact) mass is 244 g/mol. The number of nitrogens with one attached hydrogen (secondary N) is 1. The number of fused-ring (bicyclic) bond motifs is 1. The number of aromatic nitrogens is 2. The third kappa shape index (κ3) is 3.75. The van der Waals surface area contributed by atoms with Gasteiger partial charge in [-0.15, -0.1) is 0 Å². The maximum Gasteiger partial charge on any atom is 0.0890 e. The lowest BCUT2D eigenvalue weighted by atomic mass is 10.3. The third-order valence-corrected chi connectivity index (χ3v) is 2.76. The number of nitrogens with zero attached hydrogens (tertiary/aromatic N) is 3. The second-order valence-electron chi connectivity index (χ2n) is 4.68. The molecule has 0 atom stereocenters. The molecular formula is C14H20N4. The van der Waals surface area contributed by atoms with Gasteiger partial charge in [0.2, 0.25) is 0 Å². The van der Waals surface area contributed by atoms with Crippen molar-refractivity contribution in [2.45, 2.75) is 13.0 Å². The van der Waals surface area contributed by atoms with Gasteiger partial charge in [-0.25, -0.2) is 4.98 Å². The van der Waals surface area contributed by atoms with Crippen LogP contribution in [-0.4, -0.2) is 42.1 Å². The summed E-state index contributed by atoms with van der Waals surface area (Å²) in [7, 11) is 4.18. The summed E-state index contributed by atoms with van der Waals surface area (Å²) in [6, 6.07) is 7.95. The van der Waals surface area contributed by atoms with E-state index in [4.69, 9.17) is 0 Å². The quantitative estimate of drug-likeness (QED) is 0.785. The molecule has 2 rings (SSSR count). The molecule has 0 unspecified atom stereocenters. The fourth-order valence-electron chi connectivity index (χ4n) is 1.82. The second kappa shape index (κ2) is 6.42. The molecule has 4 heteroatoms. The molecule has 0 fully saturated rings. The Morgan fingerprint density at radius 2 is 1.94 bits per heavy atom. The van der Waals surface area contributed by atoms with Gasteiger partial charge in [-0.3, -0.25) is 4.98 Å². The highest BCUT2D eigenvalue weighted by atomic mass is 15.1. The molecule has 1 heterocycles. The molecule has 0 radical (unpaired) electrons. The summed E-state index contributed by atoms with van der Waals surface area (Å²) in [4.78, 5) is 11.2. The van der Waals surface area contributed by atoms with E-state index in [9.17, 15) is 0 Å². The molecule has 0 aliphatic rings. The Labute approximate surface area is 108 Å². The molecular weight excluding hydrogens is 224 g/mol. The van der Waals surface area contributed by atoms with Crippen molar-refractivity contribution in [2.75, 3.05) is 27.2 Å². The van der Waals surface area contributed by atoms with Gasteiger partial charge in [-0.05, 0) is 45.7 Å². The maximum absolute atomic E-state index is 4.57. The molecule has 0 saturated heterocycles. The molecule has 0 saturated carbocycles. The van der Waals surface area contributed by atoms with Crippen LogP contribution < -0.4 is 5.32 Å². The molecule has 0 aliphatic heterocycles. The standard InChI is InChI=1S/C14H20N4/c1-18(2)9-5-8-15-10-12-11-16-13-6-3-4-7-14(13)17-12/h3-4,6-7,11,15H,5,8-10H2,1-2H3. The summed E-state index contributed by atoms with van der Waals surface area (Å²) >= 11 is 0. The first kappa shape index (κ1) is 12.9. The van der Waals surface area contributed by atoms with Crippen molar-refractivity contribution < 1.29 is 0 Å². The number of para-hydroxylation sites is 2. The van der Waals surface area contributed by atoms with Crippen LogP contribution in [0.1, 0.15) is 12.1 Å². The number of hydrogen-bond donors (Lipinski definition) is 1. The van der Waals surface area contributed by atoms with Gasteiger partial charge in [0.15, 0.2) is 0 Å². The van der Waals surface area contributed by atoms with E-state index in [0.29, 0.717) is 0 Å². The van der Waals surface area contributed by atoms with E-state index in [2.05, 4.69) is 34.3 Å². The van der Waals surface area contributed by atoms with Crippen LogP contribution in [0.25, 0.3) is 11.0 Å². The van der Waals surface area contributed by atoms with Crippen molar-refractivity contribution in [3.05, 3.63) is 36.2 Å². The van der Waals surface area contributed by atoms with E-state index in [1.165, 1.54) is 0 Å². The molecule has 96 valence electrons. The van der Waals surface area contributed by atoms with Crippen LogP contribution in [0, 0.1) is 0 Å². The summed E-state index contributed by atoms with van der Waals surface area (Å²) < 4.78 is 0. The van der Waals surface area contributed by atoms with Gasteiger partial charge >= 0.3 is 0 Å². The van der Waals surface area contributed by atoms with Gasteiger partial charge < -0.3 is 10.2 Å². The van der Waals surface area contributed by atoms with Gasteiger partial charge in [-0.1, -0.05) is 12.1 Å². The lowest BCUT2D eigenvalue weighted by Gasteiger charge is -2.09. The van der Waals surface area contributed by atoms with E-state index in [0.717, 1.165) is 42.8 Å². The summed E-state index contributed by atoms with van der Waals surface area (Å²) in [5.41, 5.74) is 2.91. The highest BCUT2D eigenvalue weighted by Gasteiger charge is 1.98. The molecule has 0 spiro atoms. The Hall–Kier alpha value is -1.52.